The van der Waals surface area contributed by atoms with Crippen LogP contribution < -0.4 is 5.32 Å². The molecule has 0 fully saturated rings. The molecule has 7 nitrogen and oxygen atoms in total. The largest absolute Gasteiger partial charge is 0.345 e. The molecule has 28 heavy (non-hydrogen) atoms. The zero-order chi connectivity index (χ0) is 19.9. The van der Waals surface area contributed by atoms with Gasteiger partial charge in [-0.05, 0) is 44.2 Å². The number of fused-ring (bicyclic) bond motifs is 1. The van der Waals surface area contributed by atoms with E-state index < -0.39 is 0 Å². The number of nitrogens with zero attached hydrogens (tertiary/aromatic N) is 4. The average Bonchev–Trinajstić information content (AvgIpc) is 3.12. The fourth-order valence-electron chi connectivity index (χ4n) is 3.64. The fraction of sp³-hybridized carbons (Fsp3) is 0.524. The van der Waals surface area contributed by atoms with Gasteiger partial charge in [0, 0.05) is 25.8 Å². The first-order chi connectivity index (χ1) is 13.7. The molecule has 0 bridgehead atoms. The molecule has 0 atom stereocenters. The molecule has 2 amide bonds. The molecule has 3 rings (SSSR count). The van der Waals surface area contributed by atoms with Crippen LogP contribution in [0, 0.1) is 0 Å². The smallest absolute Gasteiger partial charge is 0.289 e. The van der Waals surface area contributed by atoms with E-state index in [9.17, 15) is 9.59 Å². The summed E-state index contributed by atoms with van der Waals surface area (Å²) in [5, 5.41) is 2.89. The van der Waals surface area contributed by atoms with Crippen molar-refractivity contribution in [2.75, 3.05) is 13.1 Å². The molecular weight excluding hydrogens is 354 g/mol. The second kappa shape index (κ2) is 9.48. The molecule has 2 aromatic heterocycles. The van der Waals surface area contributed by atoms with Crippen LogP contribution in [0.2, 0.25) is 0 Å². The number of carbonyl (C=O) groups is 2. The number of pyridine rings is 1. The molecule has 3 heterocycles. The lowest BCUT2D eigenvalue weighted by Gasteiger charge is -2.23. The van der Waals surface area contributed by atoms with Gasteiger partial charge in [-0.2, -0.15) is 0 Å². The van der Waals surface area contributed by atoms with Gasteiger partial charge in [0.2, 0.25) is 0 Å². The quantitative estimate of drug-likeness (QED) is 0.760. The minimum Gasteiger partial charge on any atom is -0.345 e. The maximum atomic E-state index is 13.1. The van der Waals surface area contributed by atoms with E-state index in [1.807, 2.05) is 27.7 Å². The minimum atomic E-state index is -0.243. The highest BCUT2D eigenvalue weighted by Crippen LogP contribution is 2.22. The second-order valence-corrected chi connectivity index (χ2v) is 7.14. The van der Waals surface area contributed by atoms with Crippen LogP contribution in [0.3, 0.4) is 0 Å². The van der Waals surface area contributed by atoms with Gasteiger partial charge in [0.25, 0.3) is 11.8 Å². The Bertz CT molecular complexity index is 810. The summed E-state index contributed by atoms with van der Waals surface area (Å²) < 4.78 is 1.96. The summed E-state index contributed by atoms with van der Waals surface area (Å²) in [4.78, 5) is 36.5. The van der Waals surface area contributed by atoms with E-state index in [2.05, 4.69) is 29.1 Å². The predicted molar refractivity (Wildman–Crippen MR) is 107 cm³/mol. The molecule has 2 aromatic rings. The number of aromatic nitrogens is 3. The minimum absolute atomic E-state index is 0.0735. The Kier molecular flexibility index (Phi) is 6.79. The van der Waals surface area contributed by atoms with E-state index in [0.29, 0.717) is 31.2 Å². The molecule has 0 aromatic carbocycles. The number of hydrogen-bond donors (Lipinski definition) is 1. The number of nitrogens with one attached hydrogen (secondary N) is 1. The number of rotatable bonds is 8. The lowest BCUT2D eigenvalue weighted by molar-refractivity contribution is 0.0737. The van der Waals surface area contributed by atoms with E-state index in [1.165, 1.54) is 0 Å². The van der Waals surface area contributed by atoms with Crippen LogP contribution in [-0.2, 0) is 19.5 Å². The van der Waals surface area contributed by atoms with Crippen molar-refractivity contribution in [3.05, 3.63) is 47.3 Å². The third kappa shape index (κ3) is 4.40. The summed E-state index contributed by atoms with van der Waals surface area (Å²) in [6, 6.07) is 5.60. The fourth-order valence-corrected chi connectivity index (χ4v) is 3.64. The van der Waals surface area contributed by atoms with Crippen LogP contribution in [-0.4, -0.2) is 44.3 Å². The van der Waals surface area contributed by atoms with Gasteiger partial charge in [-0.1, -0.05) is 19.9 Å². The summed E-state index contributed by atoms with van der Waals surface area (Å²) in [6.07, 6.45) is 6.28. The maximum Gasteiger partial charge on any atom is 0.289 e. The lowest BCUT2D eigenvalue weighted by atomic mass is 10.1. The van der Waals surface area contributed by atoms with Crippen LogP contribution in [0.25, 0.3) is 0 Å². The molecule has 0 radical (unpaired) electrons. The molecule has 1 aliphatic rings. The van der Waals surface area contributed by atoms with Gasteiger partial charge in [0.05, 0.1) is 17.9 Å². The van der Waals surface area contributed by atoms with Gasteiger partial charge in [-0.15, -0.1) is 0 Å². The average molecular weight is 383 g/mol. The first-order valence-electron chi connectivity index (χ1n) is 10.2. The van der Waals surface area contributed by atoms with E-state index in [4.69, 9.17) is 0 Å². The zero-order valence-electron chi connectivity index (χ0n) is 16.8. The van der Waals surface area contributed by atoms with Crippen molar-refractivity contribution >= 4 is 11.8 Å². The van der Waals surface area contributed by atoms with Crippen molar-refractivity contribution in [3.8, 4) is 0 Å². The van der Waals surface area contributed by atoms with E-state index in [0.717, 1.165) is 50.0 Å². The SMILES string of the molecule is CCCN(CCC)C(=O)c1nc(C(=O)NCc2ccccn2)c2n1CCCC2. The normalized spacial score (nSPS) is 13.1. The maximum absolute atomic E-state index is 13.1. The van der Waals surface area contributed by atoms with Crippen molar-refractivity contribution in [2.24, 2.45) is 0 Å². The van der Waals surface area contributed by atoms with Crippen molar-refractivity contribution in [2.45, 2.75) is 59.0 Å². The second-order valence-electron chi connectivity index (χ2n) is 7.14. The van der Waals surface area contributed by atoms with Gasteiger partial charge < -0.3 is 14.8 Å². The van der Waals surface area contributed by atoms with Crippen molar-refractivity contribution in [3.63, 3.8) is 0 Å². The van der Waals surface area contributed by atoms with Crippen LogP contribution in [0.15, 0.2) is 24.4 Å². The van der Waals surface area contributed by atoms with Crippen LogP contribution in [0.1, 0.15) is 72.0 Å². The van der Waals surface area contributed by atoms with Gasteiger partial charge in [0.15, 0.2) is 5.82 Å². The molecule has 7 heteroatoms. The third-order valence-corrected chi connectivity index (χ3v) is 4.95. The van der Waals surface area contributed by atoms with Gasteiger partial charge >= 0.3 is 0 Å². The molecule has 1 aliphatic heterocycles. The predicted octanol–water partition coefficient (Wildman–Crippen LogP) is 2.81. The first kappa shape index (κ1) is 20.0. The third-order valence-electron chi connectivity index (χ3n) is 4.95. The standard InChI is InChI=1S/C21H29N5O2/c1-3-12-25(13-4-2)21(28)19-24-18(17-10-6-8-14-26(17)19)20(27)23-15-16-9-5-7-11-22-16/h5,7,9,11H,3-4,6,8,10,12-15H2,1-2H3,(H,23,27). The molecule has 0 aliphatic carbocycles. The molecular formula is C21H29N5O2. The van der Waals surface area contributed by atoms with Crippen LogP contribution in [0.4, 0.5) is 0 Å². The topological polar surface area (TPSA) is 80.1 Å². The van der Waals surface area contributed by atoms with Crippen molar-refractivity contribution < 1.29 is 9.59 Å². The Hall–Kier alpha value is -2.70. The van der Waals surface area contributed by atoms with Crippen LogP contribution in [0.5, 0.6) is 0 Å². The summed E-state index contributed by atoms with van der Waals surface area (Å²) >= 11 is 0. The molecule has 0 unspecified atom stereocenters. The highest BCUT2D eigenvalue weighted by Gasteiger charge is 2.29. The molecule has 0 saturated carbocycles. The van der Waals surface area contributed by atoms with Crippen LogP contribution >= 0.6 is 0 Å². The van der Waals surface area contributed by atoms with Gasteiger partial charge in [-0.25, -0.2) is 4.98 Å². The van der Waals surface area contributed by atoms with E-state index in [1.54, 1.807) is 6.20 Å². The van der Waals surface area contributed by atoms with E-state index in [-0.39, 0.29) is 11.8 Å². The van der Waals surface area contributed by atoms with Gasteiger partial charge in [-0.3, -0.25) is 14.6 Å². The molecule has 150 valence electrons. The summed E-state index contributed by atoms with van der Waals surface area (Å²) in [5.74, 6) is 0.0862. The molecule has 0 saturated heterocycles. The Balaban J connectivity index is 1.84. The van der Waals surface area contributed by atoms with Gasteiger partial charge in [0.1, 0.15) is 5.69 Å². The molecule has 0 spiro atoms. The van der Waals surface area contributed by atoms with E-state index >= 15 is 0 Å². The van der Waals surface area contributed by atoms with Crippen molar-refractivity contribution in [1.29, 1.82) is 0 Å². The number of hydrogen-bond acceptors (Lipinski definition) is 4. The Morgan fingerprint density at radius 3 is 2.64 bits per heavy atom. The molecule has 1 N–H and O–H groups in total. The summed E-state index contributed by atoms with van der Waals surface area (Å²) in [7, 11) is 0. The Morgan fingerprint density at radius 1 is 1.18 bits per heavy atom. The van der Waals surface area contributed by atoms with Crippen molar-refractivity contribution in [1.82, 2.24) is 24.8 Å². The lowest BCUT2D eigenvalue weighted by Crippen LogP contribution is -2.35. The summed E-state index contributed by atoms with van der Waals surface area (Å²) in [6.45, 7) is 6.61. The Morgan fingerprint density at radius 2 is 1.96 bits per heavy atom. The zero-order valence-corrected chi connectivity index (χ0v) is 16.8. The number of amides is 2. The number of carbonyl (C=O) groups excluding carboxylic acids is 2. The highest BCUT2D eigenvalue weighted by molar-refractivity contribution is 5.97. The Labute approximate surface area is 166 Å². The highest BCUT2D eigenvalue weighted by atomic mass is 16.2. The summed E-state index contributed by atoms with van der Waals surface area (Å²) in [5.41, 5.74) is 2.05. The first-order valence-corrected chi connectivity index (χ1v) is 10.2. The monoisotopic (exact) mass is 383 g/mol. The number of imidazole rings is 1.